The second kappa shape index (κ2) is 7.27. The van der Waals surface area contributed by atoms with Gasteiger partial charge in [0, 0.05) is 22.5 Å². The van der Waals surface area contributed by atoms with Gasteiger partial charge in [-0.2, -0.15) is 8.42 Å². The predicted octanol–water partition coefficient (Wildman–Crippen LogP) is 5.06. The lowest BCUT2D eigenvalue weighted by atomic mass is 9.54. The molecule has 1 aliphatic heterocycles. The van der Waals surface area contributed by atoms with E-state index in [2.05, 4.69) is 16.5 Å². The molecular weight excluding hydrogens is 422 g/mol. The second-order valence-corrected chi connectivity index (χ2v) is 10.7. The fraction of sp³-hybridized carbons (Fsp3) is 0.435. The van der Waals surface area contributed by atoms with Crippen LogP contribution in [0.2, 0.25) is 0 Å². The van der Waals surface area contributed by atoms with Gasteiger partial charge in [0.1, 0.15) is 18.0 Å². The van der Waals surface area contributed by atoms with Crippen LogP contribution in [0.3, 0.4) is 0 Å². The first-order chi connectivity index (χ1) is 14.4. The number of rotatable bonds is 4. The van der Waals surface area contributed by atoms with Crippen molar-refractivity contribution in [1.82, 2.24) is 0 Å². The van der Waals surface area contributed by atoms with E-state index < -0.39 is 14.8 Å². The van der Waals surface area contributed by atoms with Crippen LogP contribution in [0.4, 0.5) is 0 Å². The topological polar surface area (TPSA) is 65.0 Å². The van der Waals surface area contributed by atoms with E-state index >= 15 is 0 Å². The Morgan fingerprint density at radius 3 is 2.67 bits per heavy atom. The summed E-state index contributed by atoms with van der Waals surface area (Å²) in [6.07, 6.45) is 6.24. The minimum atomic E-state index is -4.01. The number of nitrogens with zero attached hydrogens (tertiary/aromatic N) is 1. The first kappa shape index (κ1) is 19.9. The maximum atomic E-state index is 11.6. The van der Waals surface area contributed by atoms with Gasteiger partial charge in [-0.05, 0) is 60.9 Å². The molecule has 30 heavy (non-hydrogen) atoms. The van der Waals surface area contributed by atoms with Crippen molar-refractivity contribution in [2.24, 2.45) is 4.40 Å². The third-order valence-corrected chi connectivity index (χ3v) is 7.56. The number of halogens is 1. The summed E-state index contributed by atoms with van der Waals surface area (Å²) in [6, 6.07) is 16.4. The molecule has 0 N–H and O–H groups in total. The minimum Gasteiger partial charge on any atom is -0.489 e. The zero-order chi connectivity index (χ0) is 20.8. The summed E-state index contributed by atoms with van der Waals surface area (Å²) in [5.74, 6) is 1.07. The molecule has 0 unspecified atom stereocenters. The van der Waals surface area contributed by atoms with Crippen LogP contribution >= 0.6 is 10.7 Å². The monoisotopic (exact) mass is 445 g/mol. The maximum absolute atomic E-state index is 11.6. The Hall–Kier alpha value is -2.05. The Balaban J connectivity index is 1.52. The van der Waals surface area contributed by atoms with Crippen molar-refractivity contribution in [2.45, 2.75) is 62.6 Å². The van der Waals surface area contributed by atoms with Crippen LogP contribution in [0, 0.1) is 0 Å². The highest BCUT2D eigenvalue weighted by Gasteiger charge is 2.63. The van der Waals surface area contributed by atoms with Crippen LogP contribution in [0.1, 0.15) is 55.2 Å². The van der Waals surface area contributed by atoms with Crippen LogP contribution in [-0.4, -0.2) is 19.9 Å². The van der Waals surface area contributed by atoms with Gasteiger partial charge in [0.2, 0.25) is 5.90 Å². The van der Waals surface area contributed by atoms with Crippen molar-refractivity contribution in [3.63, 3.8) is 0 Å². The lowest BCUT2D eigenvalue weighted by Gasteiger charge is -2.51. The smallest absolute Gasteiger partial charge is 0.342 e. The standard InChI is InChI=1S/C23H24ClNO4S/c24-30(26,27)25-21-15-22-11-4-5-12-23(22,29-21)13-10-18-8-9-19(14-20(18)22)28-16-17-6-2-1-3-7-17/h1-3,6-9,14H,4-5,10-13,15-16H2/t22-,23+/m0/s1. The molecule has 1 saturated heterocycles. The van der Waals surface area contributed by atoms with Crippen molar-refractivity contribution in [3.05, 3.63) is 65.2 Å². The van der Waals surface area contributed by atoms with Gasteiger partial charge in [-0.15, -0.1) is 4.40 Å². The molecular formula is C23H24ClNO4S. The SMILES string of the molecule is O=S(=O)(Cl)N=C1C[C@]23CCCC[C@]2(CCc2ccc(OCc4ccccc4)cc23)O1. The third kappa shape index (κ3) is 3.40. The van der Waals surface area contributed by atoms with Gasteiger partial charge in [-0.3, -0.25) is 0 Å². The van der Waals surface area contributed by atoms with E-state index in [0.29, 0.717) is 13.0 Å². The predicted molar refractivity (Wildman–Crippen MR) is 116 cm³/mol. The van der Waals surface area contributed by atoms with Gasteiger partial charge in [0.25, 0.3) is 0 Å². The molecule has 2 atom stereocenters. The molecule has 5 rings (SSSR count). The average Bonchev–Trinajstić information content (AvgIpc) is 3.06. The largest absolute Gasteiger partial charge is 0.489 e. The molecule has 7 heteroatoms. The van der Waals surface area contributed by atoms with Crippen molar-refractivity contribution in [3.8, 4) is 5.75 Å². The number of hydrogen-bond acceptors (Lipinski definition) is 4. The molecule has 1 saturated carbocycles. The molecule has 158 valence electrons. The molecule has 0 spiro atoms. The highest BCUT2D eigenvalue weighted by molar-refractivity contribution is 8.12. The number of aryl methyl sites for hydroxylation is 1. The number of fused-ring (bicyclic) bond motifs is 1. The summed E-state index contributed by atoms with van der Waals surface area (Å²) in [7, 11) is 1.40. The molecule has 2 aromatic rings. The summed E-state index contributed by atoms with van der Waals surface area (Å²) in [6.45, 7) is 0.505. The zero-order valence-electron chi connectivity index (χ0n) is 16.6. The fourth-order valence-electron chi connectivity index (χ4n) is 5.67. The maximum Gasteiger partial charge on any atom is 0.342 e. The Bertz CT molecular complexity index is 1100. The molecule has 0 aromatic heterocycles. The first-order valence-electron chi connectivity index (χ1n) is 10.4. The Morgan fingerprint density at radius 1 is 1.07 bits per heavy atom. The summed E-state index contributed by atoms with van der Waals surface area (Å²) in [5.41, 5.74) is 2.95. The first-order valence-corrected chi connectivity index (χ1v) is 12.7. The van der Waals surface area contributed by atoms with E-state index in [9.17, 15) is 8.42 Å². The van der Waals surface area contributed by atoms with Crippen molar-refractivity contribution in [1.29, 1.82) is 0 Å². The van der Waals surface area contributed by atoms with E-state index in [4.69, 9.17) is 20.2 Å². The highest BCUT2D eigenvalue weighted by atomic mass is 35.7. The lowest BCUT2D eigenvalue weighted by Crippen LogP contribution is -2.53. The van der Waals surface area contributed by atoms with E-state index in [0.717, 1.165) is 49.8 Å². The highest BCUT2D eigenvalue weighted by Crippen LogP contribution is 2.60. The van der Waals surface area contributed by atoms with Gasteiger partial charge in [-0.25, -0.2) is 0 Å². The van der Waals surface area contributed by atoms with Crippen LogP contribution in [0.15, 0.2) is 52.9 Å². The number of ether oxygens (including phenoxy) is 2. The Morgan fingerprint density at radius 2 is 1.87 bits per heavy atom. The van der Waals surface area contributed by atoms with Gasteiger partial charge in [-0.1, -0.05) is 42.8 Å². The molecule has 2 aromatic carbocycles. The lowest BCUT2D eigenvalue weighted by molar-refractivity contribution is -0.0325. The molecule has 0 radical (unpaired) electrons. The summed E-state index contributed by atoms with van der Waals surface area (Å²) < 4.78 is 39.3. The van der Waals surface area contributed by atoms with Crippen molar-refractivity contribution >= 4 is 25.8 Å². The van der Waals surface area contributed by atoms with Crippen molar-refractivity contribution < 1.29 is 17.9 Å². The third-order valence-electron chi connectivity index (χ3n) is 6.93. The number of hydrogen-bond donors (Lipinski definition) is 0. The van der Waals surface area contributed by atoms with Gasteiger partial charge >= 0.3 is 9.24 Å². The van der Waals surface area contributed by atoms with Crippen LogP contribution in [0.25, 0.3) is 0 Å². The van der Waals surface area contributed by atoms with Gasteiger partial charge in [0.05, 0.1) is 0 Å². The average molecular weight is 446 g/mol. The molecule has 5 nitrogen and oxygen atoms in total. The quantitative estimate of drug-likeness (QED) is 0.616. The van der Waals surface area contributed by atoms with Crippen LogP contribution in [0.5, 0.6) is 5.75 Å². The number of benzene rings is 2. The van der Waals surface area contributed by atoms with Crippen LogP contribution < -0.4 is 4.74 Å². The summed E-state index contributed by atoms with van der Waals surface area (Å²) in [4.78, 5) is 0. The van der Waals surface area contributed by atoms with E-state index in [1.807, 2.05) is 36.4 Å². The molecule has 0 amide bonds. The fourth-order valence-corrected chi connectivity index (χ4v) is 6.25. The Labute approximate surface area is 181 Å². The van der Waals surface area contributed by atoms with Gasteiger partial charge < -0.3 is 9.47 Å². The van der Waals surface area contributed by atoms with E-state index in [-0.39, 0.29) is 11.3 Å². The Kier molecular flexibility index (Phi) is 4.82. The van der Waals surface area contributed by atoms with Gasteiger partial charge in [0.15, 0.2) is 0 Å². The molecule has 1 heterocycles. The van der Waals surface area contributed by atoms with E-state index in [1.54, 1.807) is 0 Å². The second-order valence-electron chi connectivity index (χ2n) is 8.55. The summed E-state index contributed by atoms with van der Waals surface area (Å²) >= 11 is 0. The van der Waals surface area contributed by atoms with Crippen molar-refractivity contribution in [2.75, 3.05) is 0 Å². The van der Waals surface area contributed by atoms with Crippen LogP contribution in [-0.2, 0) is 32.4 Å². The molecule has 2 aliphatic carbocycles. The minimum absolute atomic E-state index is 0.246. The molecule has 0 bridgehead atoms. The molecule has 2 fully saturated rings. The zero-order valence-corrected chi connectivity index (χ0v) is 18.2. The normalized spacial score (nSPS) is 28.9. The summed E-state index contributed by atoms with van der Waals surface area (Å²) in [5, 5.41) is 0. The molecule has 3 aliphatic rings. The van der Waals surface area contributed by atoms with E-state index in [1.165, 1.54) is 11.1 Å².